The first kappa shape index (κ1) is 12.1. The van der Waals surface area contributed by atoms with Crippen LogP contribution in [-0.4, -0.2) is 26.8 Å². The van der Waals surface area contributed by atoms with Gasteiger partial charge in [0.15, 0.2) is 5.82 Å². The zero-order valence-electron chi connectivity index (χ0n) is 11.6. The molecule has 0 saturated heterocycles. The average molecular weight is 257 g/mol. The number of rotatable bonds is 4. The van der Waals surface area contributed by atoms with Crippen molar-refractivity contribution in [3.05, 3.63) is 29.8 Å². The van der Waals surface area contributed by atoms with Gasteiger partial charge in [-0.3, -0.25) is 0 Å². The molecule has 0 bridgehead atoms. The van der Waals surface area contributed by atoms with Crippen molar-refractivity contribution in [2.75, 3.05) is 12.4 Å². The molecule has 0 unspecified atom stereocenters. The zero-order chi connectivity index (χ0) is 13.4. The Morgan fingerprint density at radius 2 is 2.11 bits per heavy atom. The summed E-state index contributed by atoms with van der Waals surface area (Å²) in [4.78, 5) is 9.15. The van der Waals surface area contributed by atoms with Gasteiger partial charge in [-0.05, 0) is 24.8 Å². The van der Waals surface area contributed by atoms with Gasteiger partial charge in [0.25, 0.3) is 0 Å². The van der Waals surface area contributed by atoms with Crippen LogP contribution in [0.25, 0.3) is 5.82 Å². The number of nitrogens with zero attached hydrogens (tertiary/aromatic N) is 4. The second kappa shape index (κ2) is 4.64. The fourth-order valence-electron chi connectivity index (χ4n) is 2.00. The van der Waals surface area contributed by atoms with E-state index < -0.39 is 0 Å². The minimum atomic E-state index is 0.426. The largest absolute Gasteiger partial charge is 0.373 e. The maximum atomic E-state index is 4.64. The van der Waals surface area contributed by atoms with Crippen LogP contribution in [0.2, 0.25) is 0 Å². The van der Waals surface area contributed by atoms with Crippen molar-refractivity contribution in [2.24, 2.45) is 0 Å². The highest BCUT2D eigenvalue weighted by Crippen LogP contribution is 2.38. The van der Waals surface area contributed by atoms with Gasteiger partial charge in [0, 0.05) is 25.2 Å². The van der Waals surface area contributed by atoms with E-state index in [0.717, 1.165) is 23.2 Å². The number of nitrogens with one attached hydrogen (secondary N) is 1. The van der Waals surface area contributed by atoms with Crippen LogP contribution in [0.3, 0.4) is 0 Å². The molecule has 1 aliphatic rings. The third kappa shape index (κ3) is 2.45. The Kier molecular flexibility index (Phi) is 2.97. The Morgan fingerprint density at radius 3 is 2.68 bits per heavy atom. The highest BCUT2D eigenvalue weighted by molar-refractivity contribution is 5.41. The molecule has 0 aromatic carbocycles. The van der Waals surface area contributed by atoms with Crippen LogP contribution in [0.15, 0.2) is 18.3 Å². The van der Waals surface area contributed by atoms with Crippen molar-refractivity contribution in [2.45, 2.75) is 38.5 Å². The molecule has 0 atom stereocenters. The Morgan fingerprint density at radius 1 is 1.32 bits per heavy atom. The summed E-state index contributed by atoms with van der Waals surface area (Å²) in [5.41, 5.74) is 1.08. The number of hydrogen-bond donors (Lipinski definition) is 1. The first-order valence-electron chi connectivity index (χ1n) is 6.80. The number of anilines is 1. The summed E-state index contributed by atoms with van der Waals surface area (Å²) in [7, 11) is 1.88. The van der Waals surface area contributed by atoms with Crippen LogP contribution in [0.5, 0.6) is 0 Å². The molecule has 0 aliphatic heterocycles. The lowest BCUT2D eigenvalue weighted by Crippen LogP contribution is -2.06. The van der Waals surface area contributed by atoms with Crippen LogP contribution in [0.4, 0.5) is 5.82 Å². The topological polar surface area (TPSA) is 55.6 Å². The second-order valence-electron chi connectivity index (χ2n) is 5.33. The van der Waals surface area contributed by atoms with Crippen LogP contribution in [-0.2, 0) is 0 Å². The molecule has 2 aromatic heterocycles. The maximum Gasteiger partial charge on any atom is 0.159 e. The average Bonchev–Trinajstić information content (AvgIpc) is 3.14. The summed E-state index contributed by atoms with van der Waals surface area (Å²) < 4.78 is 1.84. The molecule has 5 heteroatoms. The zero-order valence-corrected chi connectivity index (χ0v) is 11.6. The molecule has 5 nitrogen and oxygen atoms in total. The van der Waals surface area contributed by atoms with E-state index in [1.807, 2.05) is 30.1 Å². The fraction of sp³-hybridized carbons (Fsp3) is 0.500. The normalized spacial score (nSPS) is 14.9. The summed E-state index contributed by atoms with van der Waals surface area (Å²) in [6, 6.07) is 3.98. The lowest BCUT2D eigenvalue weighted by Gasteiger charge is -2.07. The summed E-state index contributed by atoms with van der Waals surface area (Å²) in [6.07, 6.45) is 4.36. The maximum absolute atomic E-state index is 4.64. The van der Waals surface area contributed by atoms with Gasteiger partial charge >= 0.3 is 0 Å². The van der Waals surface area contributed by atoms with E-state index in [-0.39, 0.29) is 0 Å². The van der Waals surface area contributed by atoms with Crippen LogP contribution < -0.4 is 5.32 Å². The highest BCUT2D eigenvalue weighted by atomic mass is 15.3. The Hall–Kier alpha value is -1.91. The van der Waals surface area contributed by atoms with E-state index >= 15 is 0 Å². The summed E-state index contributed by atoms with van der Waals surface area (Å²) in [5.74, 6) is 3.59. The predicted molar refractivity (Wildman–Crippen MR) is 74.8 cm³/mol. The van der Waals surface area contributed by atoms with E-state index in [4.69, 9.17) is 0 Å². The molecular formula is C14H19N5. The van der Waals surface area contributed by atoms with Crippen LogP contribution >= 0.6 is 0 Å². The SMILES string of the molecule is CNc1cc(-n2ccc(C(C)C)n2)nc(C2CC2)n1. The first-order valence-corrected chi connectivity index (χ1v) is 6.80. The molecular weight excluding hydrogens is 238 g/mol. The fourth-order valence-corrected chi connectivity index (χ4v) is 2.00. The minimum Gasteiger partial charge on any atom is -0.373 e. The van der Waals surface area contributed by atoms with Crippen LogP contribution in [0.1, 0.15) is 50.0 Å². The predicted octanol–water partition coefficient (Wildman–Crippen LogP) is 2.70. The van der Waals surface area contributed by atoms with E-state index in [2.05, 4.69) is 34.2 Å². The van der Waals surface area contributed by atoms with Crippen molar-refractivity contribution >= 4 is 5.82 Å². The monoisotopic (exact) mass is 257 g/mol. The number of aromatic nitrogens is 4. The van der Waals surface area contributed by atoms with Gasteiger partial charge < -0.3 is 5.32 Å². The molecule has 2 heterocycles. The number of hydrogen-bond acceptors (Lipinski definition) is 4. The third-order valence-electron chi connectivity index (χ3n) is 3.36. The van der Waals surface area contributed by atoms with Crippen molar-refractivity contribution in [1.29, 1.82) is 0 Å². The van der Waals surface area contributed by atoms with Gasteiger partial charge in [0.05, 0.1) is 5.69 Å². The molecule has 1 N–H and O–H groups in total. The molecule has 3 rings (SSSR count). The van der Waals surface area contributed by atoms with Crippen molar-refractivity contribution < 1.29 is 0 Å². The minimum absolute atomic E-state index is 0.426. The van der Waals surface area contributed by atoms with Gasteiger partial charge in [-0.1, -0.05) is 13.8 Å². The van der Waals surface area contributed by atoms with Crippen LogP contribution in [0, 0.1) is 0 Å². The van der Waals surface area contributed by atoms with E-state index in [9.17, 15) is 0 Å². The Bertz CT molecular complexity index is 583. The van der Waals surface area contributed by atoms with E-state index in [1.54, 1.807) is 0 Å². The summed E-state index contributed by atoms with van der Waals surface area (Å²) in [5, 5.41) is 7.67. The third-order valence-corrected chi connectivity index (χ3v) is 3.36. The van der Waals surface area contributed by atoms with Gasteiger partial charge in [-0.2, -0.15) is 5.10 Å². The lowest BCUT2D eigenvalue weighted by atomic mass is 10.1. The smallest absolute Gasteiger partial charge is 0.159 e. The van der Waals surface area contributed by atoms with E-state index in [0.29, 0.717) is 11.8 Å². The molecule has 1 aliphatic carbocycles. The molecule has 100 valence electrons. The molecule has 1 saturated carbocycles. The summed E-state index contributed by atoms with van der Waals surface area (Å²) in [6.45, 7) is 4.28. The molecule has 0 radical (unpaired) electrons. The molecule has 1 fully saturated rings. The molecule has 19 heavy (non-hydrogen) atoms. The van der Waals surface area contributed by atoms with Gasteiger partial charge in [-0.25, -0.2) is 14.6 Å². The quantitative estimate of drug-likeness (QED) is 0.915. The van der Waals surface area contributed by atoms with Crippen molar-refractivity contribution in [3.8, 4) is 5.82 Å². The first-order chi connectivity index (χ1) is 9.17. The van der Waals surface area contributed by atoms with Crippen molar-refractivity contribution in [1.82, 2.24) is 19.7 Å². The summed E-state index contributed by atoms with van der Waals surface area (Å²) >= 11 is 0. The Labute approximate surface area is 113 Å². The van der Waals surface area contributed by atoms with Crippen molar-refractivity contribution in [3.63, 3.8) is 0 Å². The highest BCUT2D eigenvalue weighted by Gasteiger charge is 2.27. The van der Waals surface area contributed by atoms with Gasteiger partial charge in [-0.15, -0.1) is 0 Å². The van der Waals surface area contributed by atoms with Gasteiger partial charge in [0.1, 0.15) is 11.6 Å². The van der Waals surface area contributed by atoms with Gasteiger partial charge in [0.2, 0.25) is 0 Å². The molecule has 2 aromatic rings. The van der Waals surface area contributed by atoms with E-state index in [1.165, 1.54) is 12.8 Å². The lowest BCUT2D eigenvalue weighted by molar-refractivity contribution is 0.748. The standard InChI is InChI=1S/C14H19N5/c1-9(2)11-6-7-19(18-11)13-8-12(15-3)16-14(17-13)10-4-5-10/h6-10H,4-5H2,1-3H3,(H,15,16,17). The molecule has 0 spiro atoms. The molecule has 0 amide bonds. The Balaban J connectivity index is 2.00. The second-order valence-corrected chi connectivity index (χ2v) is 5.33.